The molecule has 1 aliphatic carbocycles. The van der Waals surface area contributed by atoms with Gasteiger partial charge < -0.3 is 15.4 Å². The Bertz CT molecular complexity index is 1130. The van der Waals surface area contributed by atoms with Crippen molar-refractivity contribution < 1.29 is 19.1 Å². The molecule has 2 aromatic carbocycles. The summed E-state index contributed by atoms with van der Waals surface area (Å²) in [5, 5.41) is 5.92. The molecule has 2 N–H and O–H groups in total. The number of esters is 1. The van der Waals surface area contributed by atoms with Crippen molar-refractivity contribution in [1.29, 1.82) is 0 Å². The van der Waals surface area contributed by atoms with Crippen molar-refractivity contribution in [2.24, 2.45) is 0 Å². The maximum absolute atomic E-state index is 13.0. The highest BCUT2D eigenvalue weighted by Crippen LogP contribution is 2.36. The molecule has 0 spiro atoms. The molecule has 3 aliphatic rings. The third kappa shape index (κ3) is 3.64. The molecule has 2 heterocycles. The van der Waals surface area contributed by atoms with Crippen LogP contribution in [0.15, 0.2) is 64.7 Å². The first-order valence-electron chi connectivity index (χ1n) is 10.5. The third-order valence-electron chi connectivity index (χ3n) is 6.22. The number of hydrogen-bond acceptors (Lipinski definition) is 5. The van der Waals surface area contributed by atoms with E-state index in [0.29, 0.717) is 11.3 Å². The molecule has 0 fully saturated rings. The summed E-state index contributed by atoms with van der Waals surface area (Å²) in [7, 11) is 0. The maximum Gasteiger partial charge on any atom is 0.338 e. The number of ether oxygens (including phenoxy) is 1. The molecule has 0 aromatic heterocycles. The Morgan fingerprint density at radius 3 is 2.75 bits per heavy atom. The molecule has 164 valence electrons. The van der Waals surface area contributed by atoms with Gasteiger partial charge in [0, 0.05) is 4.90 Å². The number of amides is 3. The Labute approximate surface area is 190 Å². The fourth-order valence-corrected chi connectivity index (χ4v) is 5.02. The summed E-state index contributed by atoms with van der Waals surface area (Å²) in [5.74, 6) is -0.732. The monoisotopic (exact) mass is 449 g/mol. The minimum atomic E-state index is -0.593. The van der Waals surface area contributed by atoms with Crippen LogP contribution in [0.5, 0.6) is 0 Å². The summed E-state index contributed by atoms with van der Waals surface area (Å²) in [6, 6.07) is 14.7. The molecule has 0 unspecified atom stereocenters. The van der Waals surface area contributed by atoms with Crippen molar-refractivity contribution in [3.05, 3.63) is 76.5 Å². The first kappa shape index (κ1) is 20.6. The van der Waals surface area contributed by atoms with Crippen molar-refractivity contribution in [3.8, 4) is 0 Å². The Kier molecular flexibility index (Phi) is 5.38. The highest BCUT2D eigenvalue weighted by atomic mass is 32.2. The van der Waals surface area contributed by atoms with Crippen LogP contribution in [0.25, 0.3) is 0 Å². The lowest BCUT2D eigenvalue weighted by atomic mass is 9.96. The van der Waals surface area contributed by atoms with Crippen LogP contribution in [0.1, 0.15) is 35.2 Å². The van der Waals surface area contributed by atoms with E-state index in [0.717, 1.165) is 28.9 Å². The van der Waals surface area contributed by atoms with Gasteiger partial charge >= 0.3 is 12.0 Å². The zero-order chi connectivity index (χ0) is 22.2. The molecular weight excluding hydrogens is 426 g/mol. The van der Waals surface area contributed by atoms with Gasteiger partial charge in [-0.2, -0.15) is 0 Å². The lowest BCUT2D eigenvalue weighted by molar-refractivity contribution is -0.136. The largest absolute Gasteiger partial charge is 0.456 e. The molecule has 0 saturated carbocycles. The fraction of sp³-hybridized carbons (Fsp3) is 0.292. The number of nitrogens with zero attached hydrogens (tertiary/aromatic N) is 1. The van der Waals surface area contributed by atoms with Crippen molar-refractivity contribution in [2.75, 3.05) is 19.4 Å². The van der Waals surface area contributed by atoms with Crippen LogP contribution >= 0.6 is 11.8 Å². The zero-order valence-electron chi connectivity index (χ0n) is 17.6. The summed E-state index contributed by atoms with van der Waals surface area (Å²) in [6.45, 7) is -0.182. The minimum absolute atomic E-state index is 0.0134. The molecular formula is C24H23N3O4S. The van der Waals surface area contributed by atoms with Gasteiger partial charge in [-0.05, 0) is 47.9 Å². The number of carbonyl (C=O) groups is 3. The van der Waals surface area contributed by atoms with E-state index in [-0.39, 0.29) is 25.1 Å². The quantitative estimate of drug-likeness (QED) is 0.541. The lowest BCUT2D eigenvalue weighted by Crippen LogP contribution is -2.50. The number of urea groups is 1. The van der Waals surface area contributed by atoms with Crippen LogP contribution in [-0.4, -0.2) is 42.2 Å². The number of rotatable bonds is 5. The highest BCUT2D eigenvalue weighted by Gasteiger charge is 2.42. The molecule has 5 rings (SSSR count). The Morgan fingerprint density at radius 1 is 1.19 bits per heavy atom. The summed E-state index contributed by atoms with van der Waals surface area (Å²) in [6.07, 6.45) is 3.74. The molecule has 7 nitrogen and oxygen atoms in total. The second-order valence-corrected chi connectivity index (χ2v) is 8.92. The molecule has 0 radical (unpaired) electrons. The van der Waals surface area contributed by atoms with E-state index in [9.17, 15) is 14.4 Å². The second-order valence-electron chi connectivity index (χ2n) is 8.04. The van der Waals surface area contributed by atoms with E-state index >= 15 is 0 Å². The van der Waals surface area contributed by atoms with Crippen molar-refractivity contribution in [3.63, 3.8) is 0 Å². The average molecular weight is 450 g/mol. The summed E-state index contributed by atoms with van der Waals surface area (Å²) in [5.41, 5.74) is 4.01. The second kappa shape index (κ2) is 8.35. The van der Waals surface area contributed by atoms with E-state index in [1.54, 1.807) is 11.8 Å². The number of benzene rings is 2. The Hall–Kier alpha value is -3.26. The molecule has 0 bridgehead atoms. The molecule has 2 atom stereocenters. The van der Waals surface area contributed by atoms with Crippen LogP contribution < -0.4 is 10.6 Å². The summed E-state index contributed by atoms with van der Waals surface area (Å²) < 4.78 is 5.25. The molecule has 8 heteroatoms. The first-order chi connectivity index (χ1) is 15.5. The van der Waals surface area contributed by atoms with Gasteiger partial charge in [-0.1, -0.05) is 36.4 Å². The van der Waals surface area contributed by atoms with Gasteiger partial charge in [0.05, 0.1) is 23.4 Å². The Balaban J connectivity index is 1.36. The van der Waals surface area contributed by atoms with Crippen LogP contribution in [0.3, 0.4) is 0 Å². The molecule has 2 aliphatic heterocycles. The van der Waals surface area contributed by atoms with Crippen LogP contribution in [0, 0.1) is 0 Å². The molecule has 2 aromatic rings. The number of hydrogen-bond donors (Lipinski definition) is 2. The minimum Gasteiger partial charge on any atom is -0.456 e. The predicted octanol–water partition coefficient (Wildman–Crippen LogP) is 3.09. The van der Waals surface area contributed by atoms with E-state index in [1.807, 2.05) is 48.7 Å². The van der Waals surface area contributed by atoms with Gasteiger partial charge in [0.25, 0.3) is 0 Å². The first-order valence-corrected chi connectivity index (χ1v) is 11.8. The number of cyclic esters (lactones) is 1. The van der Waals surface area contributed by atoms with Gasteiger partial charge in [0.2, 0.25) is 5.91 Å². The summed E-state index contributed by atoms with van der Waals surface area (Å²) >= 11 is 1.62. The van der Waals surface area contributed by atoms with Crippen molar-refractivity contribution in [2.45, 2.75) is 29.8 Å². The standard InChI is InChI=1S/C24H23N3O4S/c1-32-16-9-6-15(7-10-16)22-21-19(13-31-23(21)29)27(24(30)26-22)12-20(28)25-18-11-8-14-4-2-3-5-17(14)18/h2-7,9-10,18,22H,8,11-13H2,1H3,(H,25,28)(H,26,30)/t18-,22-/m0/s1. The summed E-state index contributed by atoms with van der Waals surface area (Å²) in [4.78, 5) is 40.7. The van der Waals surface area contributed by atoms with Crippen LogP contribution in [0.2, 0.25) is 0 Å². The van der Waals surface area contributed by atoms with Crippen LogP contribution in [-0.2, 0) is 20.7 Å². The maximum atomic E-state index is 13.0. The number of carbonyl (C=O) groups excluding carboxylic acids is 3. The van der Waals surface area contributed by atoms with Gasteiger partial charge in [-0.3, -0.25) is 9.69 Å². The van der Waals surface area contributed by atoms with E-state index in [2.05, 4.69) is 16.7 Å². The topological polar surface area (TPSA) is 87.7 Å². The molecule has 3 amide bonds. The number of aryl methyl sites for hydroxylation is 1. The Morgan fingerprint density at radius 2 is 1.97 bits per heavy atom. The normalized spacial score (nSPS) is 21.7. The fourth-order valence-electron chi connectivity index (χ4n) is 4.62. The van der Waals surface area contributed by atoms with Crippen molar-refractivity contribution in [1.82, 2.24) is 15.5 Å². The van der Waals surface area contributed by atoms with Gasteiger partial charge in [0.15, 0.2) is 0 Å². The number of thioether (sulfide) groups is 1. The number of nitrogens with one attached hydrogen (secondary N) is 2. The SMILES string of the molecule is CSc1ccc([C@@H]2NC(=O)N(CC(=O)N[C@H]3CCc4ccccc43)C3=C2C(=O)OC3)cc1. The van der Waals surface area contributed by atoms with E-state index in [4.69, 9.17) is 4.74 Å². The van der Waals surface area contributed by atoms with Crippen molar-refractivity contribution >= 4 is 29.7 Å². The predicted molar refractivity (Wildman–Crippen MR) is 120 cm³/mol. The lowest BCUT2D eigenvalue weighted by Gasteiger charge is -2.32. The zero-order valence-corrected chi connectivity index (χ0v) is 18.4. The van der Waals surface area contributed by atoms with E-state index < -0.39 is 18.0 Å². The van der Waals surface area contributed by atoms with Crippen LogP contribution in [0.4, 0.5) is 4.79 Å². The van der Waals surface area contributed by atoms with E-state index in [1.165, 1.54) is 10.5 Å². The highest BCUT2D eigenvalue weighted by molar-refractivity contribution is 7.98. The number of fused-ring (bicyclic) bond motifs is 1. The third-order valence-corrected chi connectivity index (χ3v) is 6.96. The smallest absolute Gasteiger partial charge is 0.338 e. The van der Waals surface area contributed by atoms with Gasteiger partial charge in [0.1, 0.15) is 13.2 Å². The molecule has 32 heavy (non-hydrogen) atoms. The average Bonchev–Trinajstić information content (AvgIpc) is 3.39. The van der Waals surface area contributed by atoms with Gasteiger partial charge in [-0.15, -0.1) is 11.8 Å². The molecule has 0 saturated heterocycles. The van der Waals surface area contributed by atoms with Gasteiger partial charge in [-0.25, -0.2) is 9.59 Å².